The average Bonchev–Trinajstić information content (AvgIpc) is 3.38. The predicted molar refractivity (Wildman–Crippen MR) is 130 cm³/mol. The third-order valence-electron chi connectivity index (χ3n) is 5.59. The predicted octanol–water partition coefficient (Wildman–Crippen LogP) is 2.94. The van der Waals surface area contributed by atoms with E-state index < -0.39 is 21.8 Å². The Hall–Kier alpha value is -2.40. The maximum atomic E-state index is 12.5. The maximum Gasteiger partial charge on any atom is 0.300 e. The van der Waals surface area contributed by atoms with Gasteiger partial charge >= 0.3 is 0 Å². The van der Waals surface area contributed by atoms with E-state index in [9.17, 15) is 8.42 Å². The van der Waals surface area contributed by atoms with Crippen LogP contribution in [0.25, 0.3) is 11.3 Å². The number of nitrogens with zero attached hydrogens (tertiary/aromatic N) is 2. The molecule has 2 N–H and O–H groups in total. The van der Waals surface area contributed by atoms with Gasteiger partial charge in [0.2, 0.25) is 0 Å². The summed E-state index contributed by atoms with van der Waals surface area (Å²) in [6, 6.07) is 11.6. The number of aliphatic carboxylic acids is 2. The summed E-state index contributed by atoms with van der Waals surface area (Å²) < 4.78 is 31.0. The van der Waals surface area contributed by atoms with Gasteiger partial charge in [0, 0.05) is 44.5 Å². The summed E-state index contributed by atoms with van der Waals surface area (Å²) in [6.07, 6.45) is 0. The molecule has 34 heavy (non-hydrogen) atoms. The molecule has 1 aromatic heterocycles. The summed E-state index contributed by atoms with van der Waals surface area (Å²) >= 11 is 6.24. The van der Waals surface area contributed by atoms with Gasteiger partial charge in [0.25, 0.3) is 11.9 Å². The van der Waals surface area contributed by atoms with E-state index in [1.807, 2.05) is 55.4 Å². The summed E-state index contributed by atoms with van der Waals surface area (Å²) in [4.78, 5) is 22.2. The average molecular weight is 515 g/mol. The molecule has 2 fully saturated rings. The molecule has 0 radical (unpaired) electrons. The van der Waals surface area contributed by atoms with Crippen molar-refractivity contribution in [3.05, 3.63) is 47.2 Å². The molecular weight excluding hydrogens is 484 g/mol. The van der Waals surface area contributed by atoms with Crippen LogP contribution in [0.2, 0.25) is 5.02 Å². The molecule has 2 aliphatic heterocycles. The number of likely N-dealkylation sites (tertiary alicyclic amines) is 1. The van der Waals surface area contributed by atoms with Crippen molar-refractivity contribution in [3.63, 3.8) is 0 Å². The molecule has 2 saturated heterocycles. The van der Waals surface area contributed by atoms with Gasteiger partial charge in [-0.2, -0.15) is 0 Å². The fraction of sp³-hybridized carbons (Fsp3) is 0.478. The molecule has 1 aromatic carbocycles. The number of hydrogen-bond donors (Lipinski definition) is 2. The van der Waals surface area contributed by atoms with Gasteiger partial charge < -0.3 is 19.5 Å². The van der Waals surface area contributed by atoms with Gasteiger partial charge in [-0.3, -0.25) is 14.5 Å². The van der Waals surface area contributed by atoms with Crippen LogP contribution in [0.3, 0.4) is 0 Å². The minimum absolute atomic E-state index is 0.102. The van der Waals surface area contributed by atoms with Gasteiger partial charge in [-0.05, 0) is 38.4 Å². The van der Waals surface area contributed by atoms with E-state index in [-0.39, 0.29) is 23.0 Å². The van der Waals surface area contributed by atoms with Gasteiger partial charge in [0.15, 0.2) is 9.84 Å². The van der Waals surface area contributed by atoms with Crippen molar-refractivity contribution in [2.24, 2.45) is 5.92 Å². The number of furan rings is 1. The number of carboxylic acids is 2. The largest absolute Gasteiger partial charge is 0.481 e. The number of benzene rings is 1. The van der Waals surface area contributed by atoms with Crippen LogP contribution in [0.4, 0.5) is 0 Å². The highest BCUT2D eigenvalue weighted by molar-refractivity contribution is 7.92. The zero-order valence-corrected chi connectivity index (χ0v) is 21.2. The van der Waals surface area contributed by atoms with Gasteiger partial charge in [-0.25, -0.2) is 8.42 Å². The van der Waals surface area contributed by atoms with Crippen molar-refractivity contribution in [2.75, 3.05) is 32.9 Å². The van der Waals surface area contributed by atoms with E-state index in [0.29, 0.717) is 18.1 Å². The zero-order valence-electron chi connectivity index (χ0n) is 19.6. The number of carbonyl (C=O) groups is 2. The fourth-order valence-corrected chi connectivity index (χ4v) is 7.00. The number of hydrogen-bond acceptors (Lipinski definition) is 7. The van der Waals surface area contributed by atoms with Crippen LogP contribution in [0, 0.1) is 5.92 Å². The molecule has 3 heterocycles. The second kappa shape index (κ2) is 11.8. The summed E-state index contributed by atoms with van der Waals surface area (Å²) in [5, 5.41) is 15.2. The molecule has 0 unspecified atom stereocenters. The number of sulfone groups is 1. The molecular formula is C23H31ClN2O7S. The van der Waals surface area contributed by atoms with Crippen molar-refractivity contribution in [1.82, 2.24) is 9.80 Å². The van der Waals surface area contributed by atoms with E-state index in [2.05, 4.69) is 4.90 Å². The Labute approximate surface area is 204 Å². The molecule has 0 spiro atoms. The van der Waals surface area contributed by atoms with Crippen LogP contribution in [0.1, 0.15) is 19.6 Å². The molecule has 188 valence electrons. The lowest BCUT2D eigenvalue weighted by atomic mass is 10.00. The summed E-state index contributed by atoms with van der Waals surface area (Å²) in [7, 11) is 0.914. The SMILES string of the molecule is CC(=O)O.CC(=O)O.CN(C)[C@@H]1CS(=O)(=O)[C@H]2CN(Cc3ccc(-c4ccccc4Cl)o3)C[C@@H]12. The van der Waals surface area contributed by atoms with Crippen LogP contribution < -0.4 is 0 Å². The molecule has 2 aliphatic rings. The maximum absolute atomic E-state index is 12.5. The first-order valence-electron chi connectivity index (χ1n) is 10.6. The van der Waals surface area contributed by atoms with Crippen LogP contribution in [-0.2, 0) is 26.0 Å². The fourth-order valence-electron chi connectivity index (χ4n) is 4.26. The molecule has 0 bridgehead atoms. The van der Waals surface area contributed by atoms with Crippen molar-refractivity contribution in [2.45, 2.75) is 31.7 Å². The molecule has 11 heteroatoms. The van der Waals surface area contributed by atoms with E-state index in [0.717, 1.165) is 37.5 Å². The third-order valence-corrected chi connectivity index (χ3v) is 8.14. The Morgan fingerprint density at radius 1 is 1.09 bits per heavy atom. The minimum Gasteiger partial charge on any atom is -0.481 e. The first-order chi connectivity index (χ1) is 15.8. The summed E-state index contributed by atoms with van der Waals surface area (Å²) in [5.41, 5.74) is 0.869. The number of halogens is 1. The smallest absolute Gasteiger partial charge is 0.300 e. The lowest BCUT2D eigenvalue weighted by molar-refractivity contribution is -0.135. The van der Waals surface area contributed by atoms with Crippen molar-refractivity contribution in [3.8, 4) is 11.3 Å². The lowest BCUT2D eigenvalue weighted by Gasteiger charge is -2.24. The Bertz CT molecular complexity index is 1080. The molecule has 0 aliphatic carbocycles. The van der Waals surface area contributed by atoms with Crippen molar-refractivity contribution < 1.29 is 32.6 Å². The van der Waals surface area contributed by atoms with E-state index in [4.69, 9.17) is 35.8 Å². The quantitative estimate of drug-likeness (QED) is 0.632. The molecule has 4 rings (SSSR count). The van der Waals surface area contributed by atoms with Gasteiger partial charge in [0.1, 0.15) is 11.5 Å². The lowest BCUT2D eigenvalue weighted by Crippen LogP contribution is -2.37. The van der Waals surface area contributed by atoms with Crippen LogP contribution >= 0.6 is 11.6 Å². The number of carboxylic acid groups (broad SMARTS) is 2. The van der Waals surface area contributed by atoms with Gasteiger partial charge in [-0.1, -0.05) is 23.7 Å². The Kier molecular flexibility index (Phi) is 9.69. The topological polar surface area (TPSA) is 128 Å². The Balaban J connectivity index is 0.000000446. The van der Waals surface area contributed by atoms with Crippen molar-refractivity contribution in [1.29, 1.82) is 0 Å². The Morgan fingerprint density at radius 2 is 1.68 bits per heavy atom. The molecule has 9 nitrogen and oxygen atoms in total. The first kappa shape index (κ1) is 27.8. The van der Waals surface area contributed by atoms with Crippen LogP contribution in [-0.4, -0.2) is 84.6 Å². The molecule has 0 saturated carbocycles. The van der Waals surface area contributed by atoms with Crippen LogP contribution in [0.5, 0.6) is 0 Å². The van der Waals surface area contributed by atoms with Gasteiger partial charge in [-0.15, -0.1) is 0 Å². The van der Waals surface area contributed by atoms with E-state index in [1.165, 1.54) is 0 Å². The normalized spacial score (nSPS) is 22.8. The Morgan fingerprint density at radius 3 is 2.24 bits per heavy atom. The standard InChI is InChI=1S/C19H23ClN2O3S.2C2H4O2/c1-21(2)17-12-26(23,24)19-11-22(10-15(17)19)9-13-7-8-18(25-13)14-5-3-4-6-16(14)20;2*1-2(3)4/h3-8,15,17,19H,9-12H2,1-2H3;2*1H3,(H,3,4)/t15-,17+,19-;;/m0../s1. The highest BCUT2D eigenvalue weighted by Crippen LogP contribution is 2.37. The molecule has 0 amide bonds. The minimum atomic E-state index is -3.02. The van der Waals surface area contributed by atoms with Crippen molar-refractivity contribution >= 4 is 33.4 Å². The van der Waals surface area contributed by atoms with Crippen LogP contribution in [0.15, 0.2) is 40.8 Å². The summed E-state index contributed by atoms with van der Waals surface area (Å²) in [6.45, 7) is 4.15. The van der Waals surface area contributed by atoms with E-state index in [1.54, 1.807) is 0 Å². The molecule has 3 atom stereocenters. The third kappa shape index (κ3) is 7.56. The first-order valence-corrected chi connectivity index (χ1v) is 12.7. The monoisotopic (exact) mass is 514 g/mol. The highest BCUT2D eigenvalue weighted by atomic mass is 35.5. The van der Waals surface area contributed by atoms with Gasteiger partial charge in [0.05, 0.1) is 22.6 Å². The number of rotatable bonds is 4. The second-order valence-electron chi connectivity index (χ2n) is 8.54. The highest BCUT2D eigenvalue weighted by Gasteiger charge is 2.52. The number of fused-ring (bicyclic) bond motifs is 1. The zero-order chi connectivity index (χ0) is 25.6. The van der Waals surface area contributed by atoms with E-state index >= 15 is 0 Å². The second-order valence-corrected chi connectivity index (χ2v) is 11.2. The summed E-state index contributed by atoms with van der Waals surface area (Å²) in [5.74, 6) is 0.357. The molecule has 2 aromatic rings.